The van der Waals surface area contributed by atoms with Crippen LogP contribution in [0.25, 0.3) is 0 Å². The minimum Gasteiger partial charge on any atom is -0.345 e. The second kappa shape index (κ2) is 4.96. The summed E-state index contributed by atoms with van der Waals surface area (Å²) in [5.41, 5.74) is 2.86. The molecule has 2 nitrogen and oxygen atoms in total. The van der Waals surface area contributed by atoms with Crippen molar-refractivity contribution in [3.05, 3.63) is 17.2 Å². The highest BCUT2D eigenvalue weighted by Gasteiger charge is 2.34. The Morgan fingerprint density at radius 1 is 0.842 bits per heavy atom. The summed E-state index contributed by atoms with van der Waals surface area (Å²) in [5.74, 6) is 4.14. The van der Waals surface area contributed by atoms with E-state index in [0.29, 0.717) is 0 Å². The van der Waals surface area contributed by atoms with Gasteiger partial charge >= 0.3 is 0 Å². The molecule has 3 aliphatic rings. The number of hydrogen-bond acceptors (Lipinski definition) is 1. The molecular weight excluding hydrogens is 232 g/mol. The lowest BCUT2D eigenvalue weighted by atomic mass is 9.67. The van der Waals surface area contributed by atoms with Gasteiger partial charge in [0.15, 0.2) is 0 Å². The summed E-state index contributed by atoms with van der Waals surface area (Å²) in [6, 6.07) is 0. The number of imidazole rings is 1. The van der Waals surface area contributed by atoms with Crippen LogP contribution in [0.1, 0.15) is 80.9 Å². The van der Waals surface area contributed by atoms with Crippen LogP contribution in [0, 0.1) is 11.8 Å². The molecule has 1 N–H and O–H groups in total. The van der Waals surface area contributed by atoms with Gasteiger partial charge in [-0.3, -0.25) is 0 Å². The van der Waals surface area contributed by atoms with Crippen LogP contribution in [0.4, 0.5) is 0 Å². The number of aromatic amines is 1. The molecule has 2 heteroatoms. The van der Waals surface area contributed by atoms with E-state index in [2.05, 4.69) is 4.98 Å². The lowest BCUT2D eigenvalue weighted by Crippen LogP contribution is -2.27. The average molecular weight is 258 g/mol. The molecule has 3 unspecified atom stereocenters. The van der Waals surface area contributed by atoms with Gasteiger partial charge in [0.1, 0.15) is 5.82 Å². The first kappa shape index (κ1) is 12.0. The molecule has 2 fully saturated rings. The predicted molar refractivity (Wildman–Crippen MR) is 77.3 cm³/mol. The van der Waals surface area contributed by atoms with Crippen molar-refractivity contribution in [1.29, 1.82) is 0 Å². The molecule has 0 aromatic carbocycles. The van der Waals surface area contributed by atoms with Crippen molar-refractivity contribution in [2.75, 3.05) is 0 Å². The minimum absolute atomic E-state index is 0.741. The fourth-order valence-electron chi connectivity index (χ4n) is 4.79. The summed E-state index contributed by atoms with van der Waals surface area (Å²) in [4.78, 5) is 8.64. The van der Waals surface area contributed by atoms with Crippen LogP contribution in [0.2, 0.25) is 0 Å². The molecule has 1 aromatic heterocycles. The number of nitrogens with zero attached hydrogens (tertiary/aromatic N) is 1. The van der Waals surface area contributed by atoms with E-state index in [1.54, 1.807) is 0 Å². The molecule has 0 saturated heterocycles. The maximum absolute atomic E-state index is 4.96. The summed E-state index contributed by atoms with van der Waals surface area (Å²) in [6.45, 7) is 0. The van der Waals surface area contributed by atoms with Crippen LogP contribution in [0.5, 0.6) is 0 Å². The summed E-state index contributed by atoms with van der Waals surface area (Å²) in [5, 5.41) is 0. The van der Waals surface area contributed by atoms with E-state index in [4.69, 9.17) is 4.98 Å². The van der Waals surface area contributed by atoms with E-state index >= 15 is 0 Å². The fraction of sp³-hybridized carbons (Fsp3) is 0.824. The van der Waals surface area contributed by atoms with Crippen LogP contribution in [0.3, 0.4) is 0 Å². The number of rotatable bonds is 1. The van der Waals surface area contributed by atoms with Gasteiger partial charge in [0.25, 0.3) is 0 Å². The van der Waals surface area contributed by atoms with Gasteiger partial charge in [0.05, 0.1) is 5.69 Å². The SMILES string of the molecule is C1CCc2[nH]c(C3CCC4CCCCC4C3)nc2C1. The van der Waals surface area contributed by atoms with Gasteiger partial charge in [-0.1, -0.05) is 25.7 Å². The van der Waals surface area contributed by atoms with Gasteiger partial charge in [0, 0.05) is 11.6 Å². The number of aryl methyl sites for hydroxylation is 2. The first-order valence-corrected chi connectivity index (χ1v) is 8.48. The van der Waals surface area contributed by atoms with Crippen LogP contribution in [-0.4, -0.2) is 9.97 Å². The van der Waals surface area contributed by atoms with Crippen molar-refractivity contribution >= 4 is 0 Å². The van der Waals surface area contributed by atoms with E-state index in [0.717, 1.165) is 17.8 Å². The van der Waals surface area contributed by atoms with Crippen molar-refractivity contribution in [2.45, 2.75) is 76.5 Å². The highest BCUT2D eigenvalue weighted by Crippen LogP contribution is 2.45. The first-order chi connectivity index (χ1) is 9.40. The zero-order chi connectivity index (χ0) is 12.7. The summed E-state index contributed by atoms with van der Waals surface area (Å²) in [6.07, 6.45) is 15.4. The monoisotopic (exact) mass is 258 g/mol. The molecule has 3 aliphatic carbocycles. The van der Waals surface area contributed by atoms with Gasteiger partial charge < -0.3 is 4.98 Å². The largest absolute Gasteiger partial charge is 0.345 e. The molecule has 1 aromatic rings. The van der Waals surface area contributed by atoms with E-state index in [9.17, 15) is 0 Å². The number of hydrogen-bond donors (Lipinski definition) is 1. The lowest BCUT2D eigenvalue weighted by molar-refractivity contribution is 0.153. The van der Waals surface area contributed by atoms with E-state index in [1.807, 2.05) is 0 Å². The molecular formula is C17H26N2. The number of fused-ring (bicyclic) bond motifs is 2. The molecule has 0 radical (unpaired) electrons. The van der Waals surface area contributed by atoms with E-state index < -0.39 is 0 Å². The van der Waals surface area contributed by atoms with Crippen LogP contribution >= 0.6 is 0 Å². The summed E-state index contributed by atoms with van der Waals surface area (Å²) in [7, 11) is 0. The van der Waals surface area contributed by atoms with Gasteiger partial charge in [-0.2, -0.15) is 0 Å². The third-order valence-electron chi connectivity index (χ3n) is 5.90. The number of H-pyrrole nitrogens is 1. The predicted octanol–water partition coefficient (Wildman–Crippen LogP) is 4.36. The smallest absolute Gasteiger partial charge is 0.109 e. The van der Waals surface area contributed by atoms with Crippen molar-refractivity contribution in [3.8, 4) is 0 Å². The Bertz CT molecular complexity index is 425. The van der Waals surface area contributed by atoms with Crippen molar-refractivity contribution < 1.29 is 0 Å². The van der Waals surface area contributed by atoms with E-state index in [1.165, 1.54) is 87.8 Å². The summed E-state index contributed by atoms with van der Waals surface area (Å²) < 4.78 is 0. The maximum atomic E-state index is 4.96. The summed E-state index contributed by atoms with van der Waals surface area (Å²) >= 11 is 0. The third-order valence-corrected chi connectivity index (χ3v) is 5.90. The lowest BCUT2D eigenvalue weighted by Gasteiger charge is -2.38. The molecule has 2 saturated carbocycles. The zero-order valence-electron chi connectivity index (χ0n) is 12.0. The maximum Gasteiger partial charge on any atom is 0.109 e. The molecule has 0 spiro atoms. The Morgan fingerprint density at radius 2 is 1.68 bits per heavy atom. The van der Waals surface area contributed by atoms with Gasteiger partial charge in [0.2, 0.25) is 0 Å². The highest BCUT2D eigenvalue weighted by molar-refractivity contribution is 5.19. The topological polar surface area (TPSA) is 28.7 Å². The van der Waals surface area contributed by atoms with Crippen LogP contribution in [0.15, 0.2) is 0 Å². The fourth-order valence-corrected chi connectivity index (χ4v) is 4.79. The van der Waals surface area contributed by atoms with Crippen molar-refractivity contribution in [1.82, 2.24) is 9.97 Å². The molecule has 1 heterocycles. The second-order valence-corrected chi connectivity index (χ2v) is 7.07. The molecule has 0 bridgehead atoms. The van der Waals surface area contributed by atoms with Crippen molar-refractivity contribution in [3.63, 3.8) is 0 Å². The van der Waals surface area contributed by atoms with Crippen LogP contribution < -0.4 is 0 Å². The molecule has 0 amide bonds. The molecule has 0 aliphatic heterocycles. The molecule has 19 heavy (non-hydrogen) atoms. The van der Waals surface area contributed by atoms with Gasteiger partial charge in [-0.25, -0.2) is 4.98 Å². The van der Waals surface area contributed by atoms with Crippen LogP contribution in [-0.2, 0) is 12.8 Å². The molecule has 4 rings (SSSR count). The Balaban J connectivity index is 1.51. The normalized spacial score (nSPS) is 34.6. The second-order valence-electron chi connectivity index (χ2n) is 7.07. The van der Waals surface area contributed by atoms with Gasteiger partial charge in [-0.05, 0) is 56.8 Å². The number of nitrogens with one attached hydrogen (secondary N) is 1. The zero-order valence-corrected chi connectivity index (χ0v) is 12.0. The number of aromatic nitrogens is 2. The minimum atomic E-state index is 0.741. The van der Waals surface area contributed by atoms with E-state index in [-0.39, 0.29) is 0 Å². The Labute approximate surface area is 116 Å². The Kier molecular flexibility index (Phi) is 3.13. The third kappa shape index (κ3) is 2.23. The highest BCUT2D eigenvalue weighted by atomic mass is 14.9. The van der Waals surface area contributed by atoms with Crippen molar-refractivity contribution in [2.24, 2.45) is 11.8 Å². The van der Waals surface area contributed by atoms with Gasteiger partial charge in [-0.15, -0.1) is 0 Å². The average Bonchev–Trinajstić information content (AvgIpc) is 2.90. The first-order valence-electron chi connectivity index (χ1n) is 8.48. The molecule has 104 valence electrons. The Morgan fingerprint density at radius 3 is 2.58 bits per heavy atom. The Hall–Kier alpha value is -0.790. The molecule has 3 atom stereocenters. The quantitative estimate of drug-likeness (QED) is 0.796. The standard InChI is InChI=1S/C17H26N2/c1-2-6-13-11-14(10-9-12(13)5-1)17-18-15-7-3-4-8-16(15)19-17/h12-14H,1-11H2,(H,18,19).